The average molecular weight is 297 g/mol. The molecule has 0 aromatic heterocycles. The van der Waals surface area contributed by atoms with Crippen LogP contribution in [0.4, 0.5) is 0 Å². The molecule has 1 saturated heterocycles. The first kappa shape index (κ1) is 15.0. The van der Waals surface area contributed by atoms with Gasteiger partial charge in [-0.15, -0.1) is 0 Å². The van der Waals surface area contributed by atoms with Crippen molar-refractivity contribution in [1.82, 2.24) is 5.32 Å². The van der Waals surface area contributed by atoms with Crippen molar-refractivity contribution in [2.75, 3.05) is 13.1 Å². The fourth-order valence-corrected chi connectivity index (χ4v) is 3.15. The number of piperidine rings is 1. The Bertz CT molecular complexity index is 672. The fraction of sp³-hybridized carbons (Fsp3) is 0.421. The van der Waals surface area contributed by atoms with E-state index in [1.54, 1.807) is 0 Å². The number of Topliss-reactive ketones (excluding diaryl/α,β-unsaturated/α-hetero) is 1. The van der Waals surface area contributed by atoms with Crippen LogP contribution in [0.2, 0.25) is 0 Å². The maximum atomic E-state index is 13.1. The van der Waals surface area contributed by atoms with E-state index in [-0.39, 0.29) is 17.8 Å². The van der Waals surface area contributed by atoms with Crippen LogP contribution >= 0.6 is 0 Å². The van der Waals surface area contributed by atoms with Crippen LogP contribution < -0.4 is 10.1 Å². The van der Waals surface area contributed by atoms with Crippen molar-refractivity contribution in [2.45, 2.75) is 32.8 Å². The molecule has 22 heavy (non-hydrogen) atoms. The lowest BCUT2D eigenvalue weighted by Gasteiger charge is -2.24. The Labute approximate surface area is 131 Å². The number of nitrogens with one attached hydrogen (secondary N) is 1. The second-order valence-corrected chi connectivity index (χ2v) is 6.21. The van der Waals surface area contributed by atoms with Gasteiger partial charge < -0.3 is 10.1 Å². The summed E-state index contributed by atoms with van der Waals surface area (Å²) in [4.78, 5) is 13.1. The molecule has 0 spiro atoms. The van der Waals surface area contributed by atoms with Crippen molar-refractivity contribution in [3.63, 3.8) is 0 Å². The van der Waals surface area contributed by atoms with Crippen LogP contribution in [0.3, 0.4) is 0 Å². The van der Waals surface area contributed by atoms with E-state index in [2.05, 4.69) is 5.32 Å². The third-order valence-electron chi connectivity index (χ3n) is 4.21. The topological polar surface area (TPSA) is 38.3 Å². The first-order valence-corrected chi connectivity index (χ1v) is 8.10. The number of fused-ring (bicyclic) bond motifs is 1. The zero-order valence-electron chi connectivity index (χ0n) is 13.3. The fourth-order valence-electron chi connectivity index (χ4n) is 3.15. The Morgan fingerprint density at radius 1 is 1.14 bits per heavy atom. The van der Waals surface area contributed by atoms with E-state index in [9.17, 15) is 4.79 Å². The molecule has 3 nitrogen and oxygen atoms in total. The van der Waals surface area contributed by atoms with Crippen molar-refractivity contribution in [3.05, 3.63) is 42.0 Å². The van der Waals surface area contributed by atoms with Gasteiger partial charge in [-0.3, -0.25) is 4.79 Å². The van der Waals surface area contributed by atoms with Gasteiger partial charge in [0.15, 0.2) is 5.78 Å². The number of benzene rings is 2. The Morgan fingerprint density at radius 3 is 2.59 bits per heavy atom. The lowest BCUT2D eigenvalue weighted by molar-refractivity contribution is 0.0891. The van der Waals surface area contributed by atoms with Crippen molar-refractivity contribution in [2.24, 2.45) is 5.92 Å². The number of hydrogen-bond donors (Lipinski definition) is 1. The Kier molecular flexibility index (Phi) is 4.44. The van der Waals surface area contributed by atoms with E-state index in [1.165, 1.54) is 0 Å². The smallest absolute Gasteiger partial charge is 0.170 e. The van der Waals surface area contributed by atoms with E-state index < -0.39 is 0 Å². The molecule has 1 fully saturated rings. The third-order valence-corrected chi connectivity index (χ3v) is 4.21. The highest BCUT2D eigenvalue weighted by atomic mass is 16.5. The normalized spacial score (nSPS) is 16.1. The van der Waals surface area contributed by atoms with E-state index in [0.717, 1.165) is 48.0 Å². The molecular formula is C19H23NO2. The number of rotatable bonds is 4. The number of hydrogen-bond acceptors (Lipinski definition) is 3. The lowest BCUT2D eigenvalue weighted by Crippen LogP contribution is -2.32. The molecule has 0 saturated carbocycles. The molecule has 1 heterocycles. The van der Waals surface area contributed by atoms with Crippen LogP contribution in [-0.2, 0) is 0 Å². The highest BCUT2D eigenvalue weighted by Gasteiger charge is 2.26. The van der Waals surface area contributed by atoms with Crippen LogP contribution in [-0.4, -0.2) is 25.0 Å². The van der Waals surface area contributed by atoms with Gasteiger partial charge in [-0.1, -0.05) is 30.3 Å². The van der Waals surface area contributed by atoms with Gasteiger partial charge >= 0.3 is 0 Å². The summed E-state index contributed by atoms with van der Waals surface area (Å²) in [5.41, 5.74) is 0.763. The zero-order valence-corrected chi connectivity index (χ0v) is 13.3. The molecule has 0 radical (unpaired) electrons. The van der Waals surface area contributed by atoms with Crippen molar-refractivity contribution >= 4 is 16.6 Å². The number of carbonyl (C=O) groups excluding carboxylic acids is 1. The molecule has 1 aliphatic rings. The first-order valence-electron chi connectivity index (χ1n) is 8.10. The van der Waals surface area contributed by atoms with Gasteiger partial charge in [0.05, 0.1) is 11.7 Å². The molecule has 0 bridgehead atoms. The van der Waals surface area contributed by atoms with Gasteiger partial charge in [-0.05, 0) is 56.6 Å². The summed E-state index contributed by atoms with van der Waals surface area (Å²) < 4.78 is 5.93. The maximum absolute atomic E-state index is 13.1. The monoisotopic (exact) mass is 297 g/mol. The van der Waals surface area contributed by atoms with Crippen LogP contribution in [0.15, 0.2) is 36.4 Å². The molecular weight excluding hydrogens is 274 g/mol. The molecule has 0 unspecified atom stereocenters. The predicted octanol–water partition coefficient (Wildman–Crippen LogP) is 3.81. The van der Waals surface area contributed by atoms with Crippen LogP contribution in [0.5, 0.6) is 5.75 Å². The van der Waals surface area contributed by atoms with Gasteiger partial charge in [0, 0.05) is 5.92 Å². The summed E-state index contributed by atoms with van der Waals surface area (Å²) in [6.07, 6.45) is 1.87. The minimum Gasteiger partial charge on any atom is -0.490 e. The largest absolute Gasteiger partial charge is 0.490 e. The molecule has 2 aromatic rings. The van der Waals surface area contributed by atoms with Crippen LogP contribution in [0.25, 0.3) is 10.8 Å². The average Bonchev–Trinajstić information content (AvgIpc) is 2.54. The SMILES string of the molecule is CC(C)Oc1ccc2ccccc2c1C(=O)C1CCNCC1. The van der Waals surface area contributed by atoms with Gasteiger partial charge in [0.25, 0.3) is 0 Å². The molecule has 0 atom stereocenters. The van der Waals surface area contributed by atoms with Crippen molar-refractivity contribution in [1.29, 1.82) is 0 Å². The summed E-state index contributed by atoms with van der Waals surface area (Å²) in [6, 6.07) is 12.0. The van der Waals surface area contributed by atoms with Gasteiger partial charge in [-0.2, -0.15) is 0 Å². The Balaban J connectivity index is 2.08. The minimum atomic E-state index is 0.0562. The van der Waals surface area contributed by atoms with Gasteiger partial charge in [0.1, 0.15) is 5.75 Å². The second-order valence-electron chi connectivity index (χ2n) is 6.21. The van der Waals surface area contributed by atoms with Gasteiger partial charge in [0.2, 0.25) is 0 Å². The summed E-state index contributed by atoms with van der Waals surface area (Å²) >= 11 is 0. The predicted molar refractivity (Wildman–Crippen MR) is 89.6 cm³/mol. The second kappa shape index (κ2) is 6.49. The highest BCUT2D eigenvalue weighted by molar-refractivity contribution is 6.11. The van der Waals surface area contributed by atoms with E-state index >= 15 is 0 Å². The molecule has 2 aromatic carbocycles. The summed E-state index contributed by atoms with van der Waals surface area (Å²) in [6.45, 7) is 5.82. The Morgan fingerprint density at radius 2 is 1.86 bits per heavy atom. The van der Waals surface area contributed by atoms with Crippen LogP contribution in [0, 0.1) is 5.92 Å². The van der Waals surface area contributed by atoms with Gasteiger partial charge in [-0.25, -0.2) is 0 Å². The summed E-state index contributed by atoms with van der Waals surface area (Å²) in [7, 11) is 0. The standard InChI is InChI=1S/C19H23NO2/c1-13(2)22-17-8-7-14-5-3-4-6-16(14)18(17)19(21)15-9-11-20-12-10-15/h3-8,13,15,20H,9-12H2,1-2H3. The molecule has 3 rings (SSSR count). The quantitative estimate of drug-likeness (QED) is 0.872. The molecule has 116 valence electrons. The molecule has 1 aliphatic heterocycles. The minimum absolute atomic E-state index is 0.0562. The highest BCUT2D eigenvalue weighted by Crippen LogP contribution is 2.32. The van der Waals surface area contributed by atoms with Crippen molar-refractivity contribution < 1.29 is 9.53 Å². The number of ketones is 1. The van der Waals surface area contributed by atoms with Crippen molar-refractivity contribution in [3.8, 4) is 5.75 Å². The first-order chi connectivity index (χ1) is 10.7. The lowest BCUT2D eigenvalue weighted by atomic mass is 9.87. The molecule has 0 amide bonds. The van der Waals surface area contributed by atoms with E-state index in [1.807, 2.05) is 50.2 Å². The molecule has 3 heteroatoms. The third kappa shape index (κ3) is 3.00. The Hall–Kier alpha value is -1.87. The molecule has 0 aliphatic carbocycles. The summed E-state index contributed by atoms with van der Waals surface area (Å²) in [5, 5.41) is 5.42. The van der Waals surface area contributed by atoms with E-state index in [0.29, 0.717) is 0 Å². The molecule has 1 N–H and O–H groups in total. The number of carbonyl (C=O) groups is 1. The van der Waals surface area contributed by atoms with Crippen LogP contribution in [0.1, 0.15) is 37.0 Å². The van der Waals surface area contributed by atoms with E-state index in [4.69, 9.17) is 4.74 Å². The zero-order chi connectivity index (χ0) is 15.5. The maximum Gasteiger partial charge on any atom is 0.170 e. The summed E-state index contributed by atoms with van der Waals surface area (Å²) in [5.74, 6) is 1.05. The number of ether oxygens (including phenoxy) is 1.